The third-order valence-corrected chi connectivity index (χ3v) is 4.70. The van der Waals surface area contributed by atoms with Crippen molar-refractivity contribution >= 4 is 22.4 Å². The fraction of sp³-hybridized carbons (Fsp3) is 0.462. The van der Waals surface area contributed by atoms with Crippen LogP contribution in [-0.2, 0) is 15.8 Å². The molecule has 1 aromatic carbocycles. The first-order chi connectivity index (χ1) is 8.92. The lowest BCUT2D eigenvalue weighted by Crippen LogP contribution is -2.54. The number of nitriles is 1. The first-order valence-electron chi connectivity index (χ1n) is 6.18. The molecular formula is C13H18ClN3O2S. The van der Waals surface area contributed by atoms with Gasteiger partial charge in [-0.05, 0) is 37.0 Å². The number of hydrogen-bond acceptors (Lipinski definition) is 4. The molecule has 0 amide bonds. The zero-order valence-corrected chi connectivity index (χ0v) is 12.6. The van der Waals surface area contributed by atoms with Crippen LogP contribution in [0.4, 0.5) is 0 Å². The fourth-order valence-electron chi connectivity index (χ4n) is 2.06. The van der Waals surface area contributed by atoms with Crippen LogP contribution in [-0.4, -0.2) is 20.5 Å². The second kappa shape index (κ2) is 6.55. The van der Waals surface area contributed by atoms with Crippen molar-refractivity contribution in [3.05, 3.63) is 35.4 Å². The predicted octanol–water partition coefficient (Wildman–Crippen LogP) is 1.28. The molecule has 0 saturated heterocycles. The van der Waals surface area contributed by atoms with Gasteiger partial charge in [0, 0.05) is 12.1 Å². The Labute approximate surface area is 125 Å². The van der Waals surface area contributed by atoms with Crippen LogP contribution in [0.25, 0.3) is 0 Å². The van der Waals surface area contributed by atoms with Gasteiger partial charge in [0.15, 0.2) is 0 Å². The third-order valence-electron chi connectivity index (χ3n) is 3.41. The number of nitrogens with one attached hydrogen (secondary N) is 1. The van der Waals surface area contributed by atoms with Crippen molar-refractivity contribution in [2.75, 3.05) is 6.54 Å². The van der Waals surface area contributed by atoms with Crippen LogP contribution in [0.2, 0.25) is 0 Å². The molecule has 7 heteroatoms. The molecule has 0 spiro atoms. The van der Waals surface area contributed by atoms with E-state index in [0.29, 0.717) is 11.1 Å². The number of rotatable bonds is 5. The number of halogens is 1. The van der Waals surface area contributed by atoms with Crippen molar-refractivity contribution in [2.45, 2.75) is 30.6 Å². The maximum Gasteiger partial charge on any atom is 0.215 e. The third kappa shape index (κ3) is 4.46. The molecule has 1 saturated carbocycles. The summed E-state index contributed by atoms with van der Waals surface area (Å²) in [5.41, 5.74) is 6.67. The Balaban J connectivity index is 0.00000200. The Morgan fingerprint density at radius 3 is 2.65 bits per heavy atom. The molecular weight excluding hydrogens is 298 g/mol. The molecule has 0 unspecified atom stereocenters. The average Bonchev–Trinajstić information content (AvgIpc) is 2.34. The molecule has 0 heterocycles. The van der Waals surface area contributed by atoms with Gasteiger partial charge in [-0.3, -0.25) is 0 Å². The summed E-state index contributed by atoms with van der Waals surface area (Å²) in [5, 5.41) is 8.78. The molecule has 0 radical (unpaired) electrons. The van der Waals surface area contributed by atoms with Gasteiger partial charge in [-0.2, -0.15) is 5.26 Å². The standard InChI is InChI=1S/C13H17N3O2S.ClH/c14-8-11-3-1-4-12(7-11)9-19(17,18)16-10-13(15)5-2-6-13;/h1,3-4,7,16H,2,5-6,9-10,15H2;1H. The summed E-state index contributed by atoms with van der Waals surface area (Å²) in [7, 11) is -3.41. The van der Waals surface area contributed by atoms with E-state index >= 15 is 0 Å². The minimum absolute atomic E-state index is 0. The summed E-state index contributed by atoms with van der Waals surface area (Å²) in [6.07, 6.45) is 2.78. The Morgan fingerprint density at radius 1 is 1.40 bits per heavy atom. The maximum atomic E-state index is 11.9. The number of hydrogen-bond donors (Lipinski definition) is 2. The van der Waals surface area contributed by atoms with E-state index in [0.717, 1.165) is 19.3 Å². The van der Waals surface area contributed by atoms with E-state index in [-0.39, 0.29) is 30.2 Å². The average molecular weight is 316 g/mol. The lowest BCUT2D eigenvalue weighted by molar-refractivity contribution is 0.251. The first-order valence-corrected chi connectivity index (χ1v) is 7.83. The van der Waals surface area contributed by atoms with E-state index in [1.165, 1.54) is 0 Å². The van der Waals surface area contributed by atoms with Gasteiger partial charge in [0.1, 0.15) is 0 Å². The van der Waals surface area contributed by atoms with Crippen LogP contribution in [0, 0.1) is 11.3 Å². The van der Waals surface area contributed by atoms with E-state index in [2.05, 4.69) is 4.72 Å². The van der Waals surface area contributed by atoms with E-state index in [9.17, 15) is 8.42 Å². The summed E-state index contributed by atoms with van der Waals surface area (Å²) in [6.45, 7) is 0.285. The first kappa shape index (κ1) is 16.9. The molecule has 0 aliphatic heterocycles. The summed E-state index contributed by atoms with van der Waals surface area (Å²) in [4.78, 5) is 0. The van der Waals surface area contributed by atoms with Crippen molar-refractivity contribution in [1.29, 1.82) is 5.26 Å². The van der Waals surface area contributed by atoms with Crippen LogP contribution in [0.5, 0.6) is 0 Å². The number of benzene rings is 1. The number of sulfonamides is 1. The largest absolute Gasteiger partial charge is 0.324 e. The van der Waals surface area contributed by atoms with Gasteiger partial charge in [0.05, 0.1) is 17.4 Å². The zero-order chi connectivity index (χ0) is 13.9. The molecule has 110 valence electrons. The van der Waals surface area contributed by atoms with Crippen LogP contribution < -0.4 is 10.5 Å². The Morgan fingerprint density at radius 2 is 2.10 bits per heavy atom. The van der Waals surface area contributed by atoms with Gasteiger partial charge in [-0.25, -0.2) is 13.1 Å². The highest BCUT2D eigenvalue weighted by molar-refractivity contribution is 7.88. The summed E-state index contributed by atoms with van der Waals surface area (Å²) >= 11 is 0. The maximum absolute atomic E-state index is 11.9. The topological polar surface area (TPSA) is 96.0 Å². The Hall–Kier alpha value is -1.13. The highest BCUT2D eigenvalue weighted by Gasteiger charge is 2.33. The second-order valence-corrected chi connectivity index (χ2v) is 6.92. The van der Waals surface area contributed by atoms with Gasteiger partial charge in [-0.15, -0.1) is 12.4 Å². The van der Waals surface area contributed by atoms with Crippen LogP contribution >= 0.6 is 12.4 Å². The predicted molar refractivity (Wildman–Crippen MR) is 79.8 cm³/mol. The van der Waals surface area contributed by atoms with Crippen molar-refractivity contribution in [2.24, 2.45) is 5.73 Å². The molecule has 1 fully saturated rings. The summed E-state index contributed by atoms with van der Waals surface area (Å²) in [5.74, 6) is -0.126. The van der Waals surface area contributed by atoms with E-state index in [1.54, 1.807) is 24.3 Å². The van der Waals surface area contributed by atoms with Crippen molar-refractivity contribution in [1.82, 2.24) is 4.72 Å². The van der Waals surface area contributed by atoms with Gasteiger partial charge in [0.25, 0.3) is 0 Å². The minimum atomic E-state index is -3.41. The zero-order valence-electron chi connectivity index (χ0n) is 11.0. The van der Waals surface area contributed by atoms with E-state index in [1.807, 2.05) is 6.07 Å². The quantitative estimate of drug-likeness (QED) is 0.855. The van der Waals surface area contributed by atoms with E-state index in [4.69, 9.17) is 11.0 Å². The molecule has 0 bridgehead atoms. The monoisotopic (exact) mass is 315 g/mol. The fourth-order valence-corrected chi connectivity index (χ4v) is 3.29. The normalized spacial score (nSPS) is 16.6. The lowest BCUT2D eigenvalue weighted by Gasteiger charge is -2.38. The van der Waals surface area contributed by atoms with Crippen molar-refractivity contribution < 1.29 is 8.42 Å². The minimum Gasteiger partial charge on any atom is -0.324 e. The van der Waals surface area contributed by atoms with E-state index < -0.39 is 10.0 Å². The van der Waals surface area contributed by atoms with Crippen molar-refractivity contribution in [3.8, 4) is 6.07 Å². The summed E-state index contributed by atoms with van der Waals surface area (Å²) in [6, 6.07) is 8.60. The molecule has 3 N–H and O–H groups in total. The van der Waals surface area contributed by atoms with Crippen molar-refractivity contribution in [3.63, 3.8) is 0 Å². The molecule has 5 nitrogen and oxygen atoms in total. The van der Waals surface area contributed by atoms with Gasteiger partial charge < -0.3 is 5.73 Å². The highest BCUT2D eigenvalue weighted by Crippen LogP contribution is 2.28. The van der Waals surface area contributed by atoms with Gasteiger partial charge >= 0.3 is 0 Å². The number of nitrogens with zero attached hydrogens (tertiary/aromatic N) is 1. The lowest BCUT2D eigenvalue weighted by atomic mass is 9.78. The smallest absolute Gasteiger partial charge is 0.215 e. The van der Waals surface area contributed by atoms with Crippen LogP contribution in [0.1, 0.15) is 30.4 Å². The molecule has 0 atom stereocenters. The van der Waals surface area contributed by atoms with Crippen LogP contribution in [0.15, 0.2) is 24.3 Å². The molecule has 1 aliphatic carbocycles. The summed E-state index contributed by atoms with van der Waals surface area (Å²) < 4.78 is 26.4. The molecule has 20 heavy (non-hydrogen) atoms. The van der Waals surface area contributed by atoms with Gasteiger partial charge in [0.2, 0.25) is 10.0 Å². The Bertz CT molecular complexity index is 606. The van der Waals surface area contributed by atoms with Gasteiger partial charge in [-0.1, -0.05) is 12.1 Å². The van der Waals surface area contributed by atoms with Crippen LogP contribution in [0.3, 0.4) is 0 Å². The molecule has 1 aliphatic rings. The Kier molecular flexibility index (Phi) is 5.54. The molecule has 0 aromatic heterocycles. The SMILES string of the molecule is Cl.N#Cc1cccc(CS(=O)(=O)NCC2(N)CCC2)c1. The number of nitrogens with two attached hydrogens (primary N) is 1. The molecule has 2 rings (SSSR count). The molecule has 1 aromatic rings. The highest BCUT2D eigenvalue weighted by atomic mass is 35.5. The second-order valence-electron chi connectivity index (χ2n) is 5.11.